The van der Waals surface area contributed by atoms with Gasteiger partial charge in [0, 0.05) is 25.7 Å². The van der Waals surface area contributed by atoms with E-state index in [4.69, 9.17) is 9.05 Å². The third kappa shape index (κ3) is 3.03. The fourth-order valence-corrected chi connectivity index (χ4v) is 4.58. The topological polar surface area (TPSA) is 105 Å². The van der Waals surface area contributed by atoms with Crippen LogP contribution < -0.4 is 5.32 Å². The van der Waals surface area contributed by atoms with Crippen LogP contribution in [0.3, 0.4) is 0 Å². The molecule has 0 saturated carbocycles. The number of nitrogens with one attached hydrogen (secondary N) is 1. The van der Waals surface area contributed by atoms with Crippen LogP contribution in [-0.2, 0) is 13.0 Å². The van der Waals surface area contributed by atoms with Crippen LogP contribution in [-0.4, -0.2) is 51.0 Å². The Balaban J connectivity index is 1.37. The number of nitrogens with zero attached hydrogens (tertiary/aromatic N) is 3. The molecule has 0 bridgehead atoms. The Morgan fingerprint density at radius 1 is 1.23 bits per heavy atom. The molecular formula is C22H24N4O4. The zero-order chi connectivity index (χ0) is 20.9. The molecule has 3 aromatic rings. The number of benzene rings is 1. The van der Waals surface area contributed by atoms with Gasteiger partial charge in [0.25, 0.3) is 5.91 Å². The van der Waals surface area contributed by atoms with E-state index in [0.717, 1.165) is 13.0 Å². The molecule has 4 heterocycles. The van der Waals surface area contributed by atoms with Gasteiger partial charge in [-0.2, -0.15) is 0 Å². The summed E-state index contributed by atoms with van der Waals surface area (Å²) in [5, 5.41) is 22.5. The van der Waals surface area contributed by atoms with E-state index in [9.17, 15) is 9.90 Å². The van der Waals surface area contributed by atoms with Crippen molar-refractivity contribution in [1.82, 2.24) is 20.5 Å². The van der Waals surface area contributed by atoms with Crippen LogP contribution in [0.5, 0.6) is 0 Å². The smallest absolute Gasteiger partial charge is 0.259 e. The molecule has 0 aliphatic carbocycles. The Hall–Kier alpha value is -2.97. The molecule has 156 valence electrons. The molecule has 2 aliphatic rings. The number of fused-ring (bicyclic) bond motifs is 1. The summed E-state index contributed by atoms with van der Waals surface area (Å²) in [7, 11) is 0. The molecule has 8 heteroatoms. The molecule has 2 N–H and O–H groups in total. The van der Waals surface area contributed by atoms with E-state index in [-0.39, 0.29) is 12.5 Å². The highest BCUT2D eigenvalue weighted by molar-refractivity contribution is 6.00. The van der Waals surface area contributed by atoms with Crippen LogP contribution in [0.1, 0.15) is 39.4 Å². The highest BCUT2D eigenvalue weighted by Crippen LogP contribution is 2.34. The number of rotatable bonds is 2. The molecule has 2 aliphatic heterocycles. The van der Waals surface area contributed by atoms with Crippen LogP contribution in [0.15, 0.2) is 39.4 Å². The molecule has 1 aromatic carbocycles. The van der Waals surface area contributed by atoms with Crippen molar-refractivity contribution in [3.63, 3.8) is 0 Å². The number of aliphatic hydroxyl groups excluding tert-OH is 1. The number of aryl methyl sites for hydroxylation is 2. The monoisotopic (exact) mass is 408 g/mol. The Kier molecular flexibility index (Phi) is 4.48. The number of carbonyl (C=O) groups excluding carboxylic acids is 1. The van der Waals surface area contributed by atoms with Gasteiger partial charge in [-0.3, -0.25) is 4.79 Å². The maximum atomic E-state index is 13.3. The lowest BCUT2D eigenvalue weighted by Gasteiger charge is -2.48. The zero-order valence-electron chi connectivity index (χ0n) is 17.0. The van der Waals surface area contributed by atoms with Gasteiger partial charge in [0.15, 0.2) is 5.69 Å². The lowest BCUT2D eigenvalue weighted by atomic mass is 9.76. The quantitative estimate of drug-likeness (QED) is 0.670. The lowest BCUT2D eigenvalue weighted by Crippen LogP contribution is -2.65. The van der Waals surface area contributed by atoms with E-state index in [0.29, 0.717) is 41.4 Å². The molecule has 2 aromatic heterocycles. The molecule has 1 spiro atoms. The van der Waals surface area contributed by atoms with Crippen molar-refractivity contribution in [2.45, 2.75) is 44.9 Å². The number of amides is 1. The molecule has 1 saturated heterocycles. The molecule has 1 fully saturated rings. The van der Waals surface area contributed by atoms with Crippen LogP contribution in [0.4, 0.5) is 0 Å². The Morgan fingerprint density at radius 2 is 2.03 bits per heavy atom. The summed E-state index contributed by atoms with van der Waals surface area (Å²) >= 11 is 0. The van der Waals surface area contributed by atoms with E-state index < -0.39 is 11.6 Å². The average Bonchev–Trinajstić information content (AvgIpc) is 3.35. The van der Waals surface area contributed by atoms with Gasteiger partial charge in [-0.25, -0.2) is 0 Å². The first-order valence-electron chi connectivity index (χ1n) is 10.2. The minimum atomic E-state index is -0.679. The highest BCUT2D eigenvalue weighted by atomic mass is 16.5. The van der Waals surface area contributed by atoms with Crippen molar-refractivity contribution in [1.29, 1.82) is 0 Å². The van der Waals surface area contributed by atoms with Crippen LogP contribution >= 0.6 is 0 Å². The molecule has 2 atom stereocenters. The largest absolute Gasteiger partial charge is 0.389 e. The van der Waals surface area contributed by atoms with Gasteiger partial charge in [-0.1, -0.05) is 34.6 Å². The lowest BCUT2D eigenvalue weighted by molar-refractivity contribution is -0.0138. The Morgan fingerprint density at radius 3 is 2.77 bits per heavy atom. The number of aliphatic hydroxyl groups is 1. The zero-order valence-corrected chi connectivity index (χ0v) is 17.0. The minimum Gasteiger partial charge on any atom is -0.389 e. The minimum absolute atomic E-state index is 0.213. The van der Waals surface area contributed by atoms with Crippen molar-refractivity contribution in [2.75, 3.05) is 13.1 Å². The van der Waals surface area contributed by atoms with E-state index in [1.807, 2.05) is 12.1 Å². The second-order valence-corrected chi connectivity index (χ2v) is 8.27. The van der Waals surface area contributed by atoms with Crippen LogP contribution in [0.2, 0.25) is 0 Å². The number of aromatic nitrogens is 2. The second kappa shape index (κ2) is 7.07. The fourth-order valence-electron chi connectivity index (χ4n) is 4.58. The first kappa shape index (κ1) is 19.0. The van der Waals surface area contributed by atoms with Gasteiger partial charge in [0.2, 0.25) is 5.76 Å². The Labute approximate surface area is 173 Å². The number of β-amino-alcohol motifs (C(OH)–C–C–N with tert-alkyl or cyclic N) is 1. The first-order chi connectivity index (χ1) is 14.5. The summed E-state index contributed by atoms with van der Waals surface area (Å²) in [4.78, 5) is 15.0. The number of hydrogen-bond acceptors (Lipinski definition) is 7. The molecule has 0 radical (unpaired) electrons. The maximum Gasteiger partial charge on any atom is 0.259 e. The Bertz CT molecular complexity index is 1100. The summed E-state index contributed by atoms with van der Waals surface area (Å²) in [6, 6.07) is 10.0. The highest BCUT2D eigenvalue weighted by Gasteiger charge is 2.45. The summed E-state index contributed by atoms with van der Waals surface area (Å²) < 4.78 is 10.5. The number of likely N-dealkylation sites (tertiary alicyclic amines) is 1. The average molecular weight is 408 g/mol. The molecule has 5 rings (SSSR count). The summed E-state index contributed by atoms with van der Waals surface area (Å²) in [6.07, 6.45) is 0.737. The third-order valence-corrected chi connectivity index (χ3v) is 6.34. The summed E-state index contributed by atoms with van der Waals surface area (Å²) in [5.41, 5.74) is 3.41. The standard InChI is InChI=1S/C22H24N4O4/c1-13-9-17(25-29-13)20-19(14(2)24-30-20)21(28)26-8-7-22(18(27)12-26)10-15-5-3-4-6-16(15)11-23-22/h3-6,9,18,23,27H,7-8,10-12H2,1-2H3/t18-,22+/m1/s1. The molecular weight excluding hydrogens is 384 g/mol. The van der Waals surface area contributed by atoms with Gasteiger partial charge in [-0.15, -0.1) is 0 Å². The van der Waals surface area contributed by atoms with Gasteiger partial charge in [-0.05, 0) is 37.8 Å². The van der Waals surface area contributed by atoms with E-state index in [1.165, 1.54) is 11.1 Å². The summed E-state index contributed by atoms with van der Waals surface area (Å²) in [5.74, 6) is 0.708. The van der Waals surface area contributed by atoms with Gasteiger partial charge >= 0.3 is 0 Å². The molecule has 0 unspecified atom stereocenters. The van der Waals surface area contributed by atoms with Crippen LogP contribution in [0, 0.1) is 13.8 Å². The molecule has 30 heavy (non-hydrogen) atoms. The van der Waals surface area contributed by atoms with Crippen molar-refractivity contribution in [3.05, 3.63) is 58.5 Å². The number of carbonyl (C=O) groups is 1. The fraction of sp³-hybridized carbons (Fsp3) is 0.409. The van der Waals surface area contributed by atoms with Crippen molar-refractivity contribution >= 4 is 5.91 Å². The second-order valence-electron chi connectivity index (χ2n) is 8.27. The van der Waals surface area contributed by atoms with Gasteiger partial charge in [0.05, 0.1) is 17.3 Å². The third-order valence-electron chi connectivity index (χ3n) is 6.34. The summed E-state index contributed by atoms with van der Waals surface area (Å²) in [6.45, 7) is 5.01. The predicted octanol–water partition coefficient (Wildman–Crippen LogP) is 2.24. The van der Waals surface area contributed by atoms with E-state index in [2.05, 4.69) is 27.8 Å². The number of hydrogen-bond donors (Lipinski definition) is 2. The first-order valence-corrected chi connectivity index (χ1v) is 10.2. The molecule has 1 amide bonds. The van der Waals surface area contributed by atoms with Crippen molar-refractivity contribution < 1.29 is 18.9 Å². The normalized spacial score (nSPS) is 23.6. The SMILES string of the molecule is Cc1cc(-c2onc(C)c2C(=O)N2CC[C@]3(Cc4ccccc4CN3)[C@H](O)C2)no1. The van der Waals surface area contributed by atoms with Gasteiger partial charge in [0.1, 0.15) is 11.3 Å². The number of piperidine rings is 1. The van der Waals surface area contributed by atoms with Gasteiger partial charge < -0.3 is 24.4 Å². The van der Waals surface area contributed by atoms with Crippen molar-refractivity contribution in [2.24, 2.45) is 0 Å². The molecule has 8 nitrogen and oxygen atoms in total. The van der Waals surface area contributed by atoms with Crippen LogP contribution in [0.25, 0.3) is 11.5 Å². The van der Waals surface area contributed by atoms with E-state index in [1.54, 1.807) is 24.8 Å². The van der Waals surface area contributed by atoms with Crippen molar-refractivity contribution in [3.8, 4) is 11.5 Å². The van der Waals surface area contributed by atoms with E-state index >= 15 is 0 Å². The predicted molar refractivity (Wildman–Crippen MR) is 108 cm³/mol. The maximum absolute atomic E-state index is 13.3.